The Hall–Kier alpha value is -0.0400. The van der Waals surface area contributed by atoms with E-state index in [4.69, 9.17) is 0 Å². The predicted octanol–water partition coefficient (Wildman–Crippen LogP) is 2.69. The fraction of sp³-hybridized carbons (Fsp3) is 0.933. The molecule has 1 saturated heterocycles. The van der Waals surface area contributed by atoms with Crippen molar-refractivity contribution < 1.29 is 0 Å². The van der Waals surface area contributed by atoms with Crippen molar-refractivity contribution >= 4 is 29.9 Å². The lowest BCUT2D eigenvalue weighted by molar-refractivity contribution is 0.163. The molecule has 0 aromatic heterocycles. The Morgan fingerprint density at radius 1 is 1.30 bits per heavy atom. The number of nitrogens with zero attached hydrogens (tertiary/aromatic N) is 2. The Morgan fingerprint density at radius 3 is 2.55 bits per heavy atom. The second kappa shape index (κ2) is 10.7. The molecule has 1 aliphatic rings. The van der Waals surface area contributed by atoms with Gasteiger partial charge in [0.15, 0.2) is 5.96 Å². The van der Waals surface area contributed by atoms with E-state index in [1.807, 2.05) is 7.05 Å². The number of piperidine rings is 1. The van der Waals surface area contributed by atoms with Gasteiger partial charge in [-0.25, -0.2) is 0 Å². The van der Waals surface area contributed by atoms with Crippen molar-refractivity contribution in [2.75, 3.05) is 26.7 Å². The molecule has 0 radical (unpaired) electrons. The predicted molar refractivity (Wildman–Crippen MR) is 99.1 cm³/mol. The zero-order chi connectivity index (χ0) is 14.3. The first-order valence-electron chi connectivity index (χ1n) is 7.75. The van der Waals surface area contributed by atoms with E-state index in [-0.39, 0.29) is 24.0 Å². The lowest BCUT2D eigenvalue weighted by Crippen LogP contribution is -2.48. The molecule has 0 spiro atoms. The van der Waals surface area contributed by atoms with Crippen LogP contribution in [0.5, 0.6) is 0 Å². The maximum atomic E-state index is 4.29. The molecule has 2 N–H and O–H groups in total. The van der Waals surface area contributed by atoms with E-state index < -0.39 is 0 Å². The average molecular weight is 396 g/mol. The lowest BCUT2D eigenvalue weighted by Gasteiger charge is -2.33. The molecule has 1 rings (SSSR count). The van der Waals surface area contributed by atoms with Crippen LogP contribution in [-0.4, -0.2) is 49.6 Å². The summed E-state index contributed by atoms with van der Waals surface area (Å²) in [5.41, 5.74) is 0. The molecule has 0 aromatic rings. The molecule has 1 heterocycles. The Kier molecular flexibility index (Phi) is 10.6. The van der Waals surface area contributed by atoms with Crippen molar-refractivity contribution in [3.63, 3.8) is 0 Å². The van der Waals surface area contributed by atoms with Crippen molar-refractivity contribution in [3.8, 4) is 0 Å². The number of hydrogen-bond acceptors (Lipinski definition) is 2. The number of guanidine groups is 1. The first-order valence-corrected chi connectivity index (χ1v) is 7.75. The molecule has 0 saturated carbocycles. The van der Waals surface area contributed by atoms with E-state index in [9.17, 15) is 0 Å². The van der Waals surface area contributed by atoms with Crippen molar-refractivity contribution in [3.05, 3.63) is 0 Å². The van der Waals surface area contributed by atoms with Crippen LogP contribution in [0.1, 0.15) is 47.0 Å². The number of rotatable bonds is 5. The van der Waals surface area contributed by atoms with Gasteiger partial charge in [0.1, 0.15) is 0 Å². The Bertz CT molecular complexity index is 281. The molecular weight excluding hydrogens is 363 g/mol. The van der Waals surface area contributed by atoms with Crippen LogP contribution in [0.25, 0.3) is 0 Å². The summed E-state index contributed by atoms with van der Waals surface area (Å²) in [6, 6.07) is 1.18. The smallest absolute Gasteiger partial charge is 0.191 e. The molecule has 0 bridgehead atoms. The number of halogens is 1. The standard InChI is InChI=1S/C15H32N4.HI/c1-12(2)14(4)18-15(16-5)17-9-11-19-10-7-6-8-13(19)3;/h12-14H,6-11H2,1-5H3,(H2,16,17,18);1H. The van der Waals surface area contributed by atoms with Gasteiger partial charge >= 0.3 is 0 Å². The van der Waals surface area contributed by atoms with Crippen LogP contribution < -0.4 is 10.6 Å². The molecule has 20 heavy (non-hydrogen) atoms. The highest BCUT2D eigenvalue weighted by atomic mass is 127. The summed E-state index contributed by atoms with van der Waals surface area (Å²) in [5, 5.41) is 6.86. The molecule has 0 aliphatic carbocycles. The zero-order valence-corrected chi connectivity index (χ0v) is 16.1. The topological polar surface area (TPSA) is 39.7 Å². The summed E-state index contributed by atoms with van der Waals surface area (Å²) >= 11 is 0. The molecule has 2 unspecified atom stereocenters. The quantitative estimate of drug-likeness (QED) is 0.427. The van der Waals surface area contributed by atoms with Crippen LogP contribution in [0.4, 0.5) is 0 Å². The number of hydrogen-bond donors (Lipinski definition) is 2. The third-order valence-electron chi connectivity index (χ3n) is 4.22. The second-order valence-electron chi connectivity index (χ2n) is 6.06. The third-order valence-corrected chi connectivity index (χ3v) is 4.22. The Balaban J connectivity index is 0.00000361. The molecule has 120 valence electrons. The molecule has 0 amide bonds. The first kappa shape index (κ1) is 20.0. The summed E-state index contributed by atoms with van der Waals surface area (Å²) in [6.45, 7) is 12.3. The van der Waals surface area contributed by atoms with Gasteiger partial charge in [0.25, 0.3) is 0 Å². The van der Waals surface area contributed by atoms with Gasteiger partial charge < -0.3 is 10.6 Å². The maximum Gasteiger partial charge on any atom is 0.191 e. The van der Waals surface area contributed by atoms with E-state index in [2.05, 4.69) is 48.2 Å². The van der Waals surface area contributed by atoms with Crippen molar-refractivity contribution in [1.82, 2.24) is 15.5 Å². The maximum absolute atomic E-state index is 4.29. The van der Waals surface area contributed by atoms with Gasteiger partial charge in [0.05, 0.1) is 0 Å². The monoisotopic (exact) mass is 396 g/mol. The van der Waals surface area contributed by atoms with Crippen LogP contribution in [-0.2, 0) is 0 Å². The average Bonchev–Trinajstić information content (AvgIpc) is 2.39. The highest BCUT2D eigenvalue weighted by molar-refractivity contribution is 14.0. The van der Waals surface area contributed by atoms with E-state index >= 15 is 0 Å². The minimum absolute atomic E-state index is 0. The molecule has 4 nitrogen and oxygen atoms in total. The van der Waals surface area contributed by atoms with Gasteiger partial charge in [0.2, 0.25) is 0 Å². The summed E-state index contributed by atoms with van der Waals surface area (Å²) in [5.74, 6) is 1.53. The summed E-state index contributed by atoms with van der Waals surface area (Å²) in [6.07, 6.45) is 4.08. The molecule has 1 fully saturated rings. The molecular formula is C15H33IN4. The molecule has 5 heteroatoms. The van der Waals surface area contributed by atoms with Crippen molar-refractivity contribution in [1.29, 1.82) is 0 Å². The van der Waals surface area contributed by atoms with Crippen LogP contribution in [0.15, 0.2) is 4.99 Å². The lowest BCUT2D eigenvalue weighted by atomic mass is 10.0. The van der Waals surface area contributed by atoms with Crippen molar-refractivity contribution in [2.24, 2.45) is 10.9 Å². The zero-order valence-electron chi connectivity index (χ0n) is 13.8. The van der Waals surface area contributed by atoms with Crippen LogP contribution in [0.2, 0.25) is 0 Å². The molecule has 0 aromatic carbocycles. The van der Waals surface area contributed by atoms with Gasteiger partial charge in [-0.1, -0.05) is 20.3 Å². The van der Waals surface area contributed by atoms with Gasteiger partial charge in [-0.2, -0.15) is 0 Å². The van der Waals surface area contributed by atoms with Crippen molar-refractivity contribution in [2.45, 2.75) is 59.0 Å². The third kappa shape index (κ3) is 7.11. The number of likely N-dealkylation sites (tertiary alicyclic amines) is 1. The summed E-state index contributed by atoms with van der Waals surface area (Å²) < 4.78 is 0. The summed E-state index contributed by atoms with van der Waals surface area (Å²) in [7, 11) is 1.84. The highest BCUT2D eigenvalue weighted by Gasteiger charge is 2.17. The minimum atomic E-state index is 0. The van der Waals surface area contributed by atoms with Gasteiger partial charge in [-0.3, -0.25) is 9.89 Å². The van der Waals surface area contributed by atoms with Crippen LogP contribution in [0.3, 0.4) is 0 Å². The van der Waals surface area contributed by atoms with Gasteiger partial charge in [0, 0.05) is 32.2 Å². The minimum Gasteiger partial charge on any atom is -0.355 e. The van der Waals surface area contributed by atoms with Crippen LogP contribution in [0, 0.1) is 5.92 Å². The Labute approximate surface area is 142 Å². The number of nitrogens with one attached hydrogen (secondary N) is 2. The fourth-order valence-electron chi connectivity index (χ4n) is 2.38. The van der Waals surface area contributed by atoms with E-state index in [1.54, 1.807) is 0 Å². The number of aliphatic imine (C=N–C) groups is 1. The normalized spacial score (nSPS) is 22.3. The van der Waals surface area contributed by atoms with E-state index in [1.165, 1.54) is 25.8 Å². The molecule has 2 atom stereocenters. The summed E-state index contributed by atoms with van der Waals surface area (Å²) in [4.78, 5) is 6.87. The van der Waals surface area contributed by atoms with Gasteiger partial charge in [-0.15, -0.1) is 24.0 Å². The molecule has 1 aliphatic heterocycles. The van der Waals surface area contributed by atoms with Crippen LogP contribution >= 0.6 is 24.0 Å². The second-order valence-corrected chi connectivity index (χ2v) is 6.06. The van der Waals surface area contributed by atoms with E-state index in [0.717, 1.165) is 25.1 Å². The first-order chi connectivity index (χ1) is 9.04. The Morgan fingerprint density at radius 2 is 2.00 bits per heavy atom. The fourth-order valence-corrected chi connectivity index (χ4v) is 2.38. The largest absolute Gasteiger partial charge is 0.355 e. The SMILES string of the molecule is CN=C(NCCN1CCCCC1C)NC(C)C(C)C.I. The highest BCUT2D eigenvalue weighted by Crippen LogP contribution is 2.15. The van der Waals surface area contributed by atoms with E-state index in [0.29, 0.717) is 12.0 Å². The van der Waals surface area contributed by atoms with Gasteiger partial charge in [-0.05, 0) is 39.2 Å².